The number of carbonyl (C=O) groups excluding carboxylic acids is 3. The van der Waals surface area contributed by atoms with Crippen molar-refractivity contribution in [1.82, 2.24) is 24.9 Å². The van der Waals surface area contributed by atoms with Crippen molar-refractivity contribution in [1.29, 1.82) is 0 Å². The fourth-order valence-corrected chi connectivity index (χ4v) is 9.01. The normalized spacial score (nSPS) is 23.7. The molecule has 1 aromatic heterocycles. The Labute approximate surface area is 316 Å². The molecule has 4 saturated heterocycles. The van der Waals surface area contributed by atoms with E-state index in [0.717, 1.165) is 56.8 Å². The van der Waals surface area contributed by atoms with Crippen molar-refractivity contribution in [2.45, 2.75) is 69.0 Å². The molecule has 15 heteroatoms. The molecule has 0 radical (unpaired) electrons. The van der Waals surface area contributed by atoms with E-state index >= 15 is 0 Å². The number of imide groups is 1. The number of likely N-dealkylation sites (tertiary alicyclic amines) is 2. The number of benzene rings is 2. The molecule has 4 fully saturated rings. The molecular weight excluding hydrogens is 723 g/mol. The smallest absolute Gasteiger partial charge is 0.378 e. The molecule has 4 aliphatic rings. The fourth-order valence-electron chi connectivity index (χ4n) is 8.78. The fraction of sp³-hybridized carbons (Fsp3) is 0.513. The number of likely N-dealkylation sites (N-methyl/N-ethyl adjacent to an activating group) is 1. The zero-order valence-electron chi connectivity index (χ0n) is 30.4. The number of aromatic nitrogens is 2. The van der Waals surface area contributed by atoms with Gasteiger partial charge in [0.25, 0.3) is 11.5 Å². The quantitative estimate of drug-likeness (QED) is 0.321. The number of hydrogen-bond donors (Lipinski definition) is 2. The maximum absolute atomic E-state index is 14.2. The summed E-state index contributed by atoms with van der Waals surface area (Å²) in [7, 11) is 3.62. The van der Waals surface area contributed by atoms with Crippen LogP contribution in [0.4, 0.5) is 24.5 Å². The van der Waals surface area contributed by atoms with Gasteiger partial charge in [-0.15, -0.1) is 0 Å². The number of nitrogens with zero attached hydrogens (tertiary/aromatic N) is 5. The van der Waals surface area contributed by atoms with Crippen LogP contribution in [0, 0.1) is 5.41 Å². The van der Waals surface area contributed by atoms with Gasteiger partial charge in [0.05, 0.1) is 23.4 Å². The number of hydrogen-bond acceptors (Lipinski definition) is 8. The molecule has 3 atom stereocenters. The molecule has 54 heavy (non-hydrogen) atoms. The Balaban J connectivity index is 0.935. The highest BCUT2D eigenvalue weighted by Crippen LogP contribution is 2.44. The van der Waals surface area contributed by atoms with Gasteiger partial charge in [0.2, 0.25) is 11.8 Å². The van der Waals surface area contributed by atoms with Gasteiger partial charge < -0.3 is 20.0 Å². The van der Waals surface area contributed by atoms with Crippen LogP contribution in [0.5, 0.6) is 0 Å². The summed E-state index contributed by atoms with van der Waals surface area (Å²) in [5.74, 6) is -1.96. The van der Waals surface area contributed by atoms with Crippen LogP contribution < -0.4 is 21.1 Å². The van der Waals surface area contributed by atoms with Crippen LogP contribution in [0.15, 0.2) is 53.5 Å². The Morgan fingerprint density at radius 2 is 1.65 bits per heavy atom. The van der Waals surface area contributed by atoms with Gasteiger partial charge in [-0.2, -0.15) is 18.3 Å². The van der Waals surface area contributed by atoms with Crippen LogP contribution >= 0.6 is 11.6 Å². The average molecular weight is 768 g/mol. The molecule has 288 valence electrons. The lowest BCUT2D eigenvalue weighted by molar-refractivity contribution is -0.139. The Hall–Kier alpha value is -4.43. The standard InChI is InChI=1S/C39H45ClF3N7O4/c1-47-22-26(19-27(23-47)45-32-21-44-48(2)37(54)34(32)40)24-3-5-25(6-4-24)36(53)50-17-13-38(14-18-50)11-15-49(16-12-38)28-7-8-29(31(20-28)39(41,42)43)30-9-10-33(51)46-35(30)52/h3-8,20-21,26-27,30,45H,9-19,22-23H2,1-2H3,(H,46,51,52). The predicted molar refractivity (Wildman–Crippen MR) is 199 cm³/mol. The molecule has 3 amide bonds. The van der Waals surface area contributed by atoms with Crippen molar-refractivity contribution < 1.29 is 27.6 Å². The third-order valence-electron chi connectivity index (χ3n) is 12.0. The summed E-state index contributed by atoms with van der Waals surface area (Å²) < 4.78 is 43.9. The molecule has 0 bridgehead atoms. The molecular formula is C39H45ClF3N7O4. The molecule has 7 rings (SSSR count). The van der Waals surface area contributed by atoms with Crippen LogP contribution in [-0.4, -0.2) is 89.7 Å². The number of nitrogens with one attached hydrogen (secondary N) is 2. The minimum absolute atomic E-state index is 0.00211. The zero-order chi connectivity index (χ0) is 38.4. The number of rotatable bonds is 6. The highest BCUT2D eigenvalue weighted by molar-refractivity contribution is 6.32. The molecule has 0 aliphatic carbocycles. The first kappa shape index (κ1) is 37.9. The summed E-state index contributed by atoms with van der Waals surface area (Å²) in [4.78, 5) is 56.0. The molecule has 11 nitrogen and oxygen atoms in total. The van der Waals surface area contributed by atoms with Crippen molar-refractivity contribution >= 4 is 40.7 Å². The van der Waals surface area contributed by atoms with E-state index in [-0.39, 0.29) is 52.3 Å². The molecule has 4 aliphatic heterocycles. The summed E-state index contributed by atoms with van der Waals surface area (Å²) in [5, 5.41) is 9.78. The summed E-state index contributed by atoms with van der Waals surface area (Å²) >= 11 is 6.30. The highest BCUT2D eigenvalue weighted by atomic mass is 35.5. The molecule has 3 aromatic rings. The maximum atomic E-state index is 14.2. The number of aryl methyl sites for hydroxylation is 1. The SMILES string of the molecule is CN1CC(Nc2cnn(C)c(=O)c2Cl)CC(c2ccc(C(=O)N3CCC4(CC3)CCN(c3ccc(C5CCC(=O)NC5=O)c(C(F)(F)F)c3)CC4)cc2)C1. The van der Waals surface area contributed by atoms with Crippen LogP contribution in [-0.2, 0) is 22.8 Å². The van der Waals surface area contributed by atoms with E-state index in [1.54, 1.807) is 19.3 Å². The van der Waals surface area contributed by atoms with E-state index in [2.05, 4.69) is 27.7 Å². The second-order valence-corrected chi connectivity index (χ2v) is 15.8. The lowest BCUT2D eigenvalue weighted by Crippen LogP contribution is -2.48. The van der Waals surface area contributed by atoms with Gasteiger partial charge in [-0.05, 0) is 92.3 Å². The summed E-state index contributed by atoms with van der Waals surface area (Å²) in [6.07, 6.45) is 1.12. The second kappa shape index (κ2) is 15.0. The van der Waals surface area contributed by atoms with Gasteiger partial charge in [0.1, 0.15) is 5.02 Å². The first-order valence-corrected chi connectivity index (χ1v) is 18.9. The van der Waals surface area contributed by atoms with E-state index < -0.39 is 29.5 Å². The van der Waals surface area contributed by atoms with Crippen LogP contribution in [0.2, 0.25) is 5.02 Å². The Morgan fingerprint density at radius 1 is 0.963 bits per heavy atom. The first-order valence-electron chi connectivity index (χ1n) is 18.6. The number of amides is 3. The van der Waals surface area contributed by atoms with Crippen LogP contribution in [0.1, 0.15) is 83.8 Å². The third kappa shape index (κ3) is 7.86. The van der Waals surface area contributed by atoms with Crippen molar-refractivity contribution in [3.8, 4) is 0 Å². The third-order valence-corrected chi connectivity index (χ3v) is 12.3. The molecule has 2 N–H and O–H groups in total. The summed E-state index contributed by atoms with van der Waals surface area (Å²) in [6, 6.07) is 12.1. The maximum Gasteiger partial charge on any atom is 0.416 e. The van der Waals surface area contributed by atoms with Crippen molar-refractivity contribution in [3.63, 3.8) is 0 Å². The van der Waals surface area contributed by atoms with Crippen LogP contribution in [0.25, 0.3) is 0 Å². The minimum Gasteiger partial charge on any atom is -0.378 e. The van der Waals surface area contributed by atoms with Crippen LogP contribution in [0.3, 0.4) is 0 Å². The Kier molecular flexibility index (Phi) is 10.5. The minimum atomic E-state index is -4.64. The second-order valence-electron chi connectivity index (χ2n) is 15.5. The number of piperidine rings is 4. The van der Waals surface area contributed by atoms with E-state index in [1.165, 1.54) is 10.7 Å². The number of anilines is 2. The lowest BCUT2D eigenvalue weighted by atomic mass is 9.71. The predicted octanol–water partition coefficient (Wildman–Crippen LogP) is 5.40. The molecule has 2 aromatic carbocycles. The van der Waals surface area contributed by atoms with Crippen molar-refractivity contribution in [3.05, 3.63) is 86.3 Å². The molecule has 3 unspecified atom stereocenters. The van der Waals surface area contributed by atoms with E-state index in [1.807, 2.05) is 34.1 Å². The summed E-state index contributed by atoms with van der Waals surface area (Å²) in [5.41, 5.74) is 1.52. The van der Waals surface area contributed by atoms with Gasteiger partial charge in [-0.25, -0.2) is 4.68 Å². The van der Waals surface area contributed by atoms with Gasteiger partial charge in [-0.1, -0.05) is 29.8 Å². The number of carbonyl (C=O) groups is 3. The first-order chi connectivity index (χ1) is 25.7. The number of halogens is 4. The molecule has 0 saturated carbocycles. The van der Waals surface area contributed by atoms with E-state index in [9.17, 15) is 32.3 Å². The average Bonchev–Trinajstić information content (AvgIpc) is 3.15. The Bertz CT molecular complexity index is 1970. The zero-order valence-corrected chi connectivity index (χ0v) is 31.2. The highest BCUT2D eigenvalue weighted by Gasteiger charge is 2.41. The van der Waals surface area contributed by atoms with Gasteiger partial charge in [0.15, 0.2) is 0 Å². The van der Waals surface area contributed by atoms with E-state index in [0.29, 0.717) is 43.1 Å². The largest absolute Gasteiger partial charge is 0.416 e. The molecule has 1 spiro atoms. The van der Waals surface area contributed by atoms with Crippen molar-refractivity contribution in [2.24, 2.45) is 12.5 Å². The van der Waals surface area contributed by atoms with E-state index in [4.69, 9.17) is 11.6 Å². The van der Waals surface area contributed by atoms with Gasteiger partial charge in [0, 0.05) is 70.0 Å². The lowest BCUT2D eigenvalue weighted by Gasteiger charge is -2.47. The monoisotopic (exact) mass is 767 g/mol. The molecule has 5 heterocycles. The topological polar surface area (TPSA) is 120 Å². The Morgan fingerprint density at radius 3 is 2.31 bits per heavy atom. The summed E-state index contributed by atoms with van der Waals surface area (Å²) in [6.45, 7) is 4.10. The number of alkyl halides is 3. The van der Waals surface area contributed by atoms with Gasteiger partial charge >= 0.3 is 6.18 Å². The van der Waals surface area contributed by atoms with Gasteiger partial charge in [-0.3, -0.25) is 24.5 Å². The van der Waals surface area contributed by atoms with Crippen molar-refractivity contribution in [2.75, 3.05) is 56.5 Å².